The Morgan fingerprint density at radius 2 is 1.88 bits per heavy atom. The first-order valence-electron chi connectivity index (χ1n) is 9.06. The number of rotatable bonds is 5. The monoisotopic (exact) mass is 327 g/mol. The summed E-state index contributed by atoms with van der Waals surface area (Å²) in [6.45, 7) is 8.76. The van der Waals surface area contributed by atoms with Gasteiger partial charge in [0.05, 0.1) is 19.0 Å². The molecule has 0 aliphatic carbocycles. The van der Waals surface area contributed by atoms with Crippen LogP contribution in [0.4, 0.5) is 0 Å². The minimum absolute atomic E-state index is 0.759. The van der Waals surface area contributed by atoms with E-state index in [1.54, 1.807) is 0 Å². The number of hydrogen-bond acceptors (Lipinski definition) is 3. The van der Waals surface area contributed by atoms with Gasteiger partial charge in [-0.05, 0) is 25.3 Å². The molecule has 4 heteroatoms. The van der Waals surface area contributed by atoms with Crippen molar-refractivity contribution in [2.45, 2.75) is 32.7 Å². The third-order valence-corrected chi connectivity index (χ3v) is 5.13. The van der Waals surface area contributed by atoms with Gasteiger partial charge in [0.25, 0.3) is 0 Å². The van der Waals surface area contributed by atoms with Gasteiger partial charge in [-0.3, -0.25) is 10.3 Å². The van der Waals surface area contributed by atoms with Crippen LogP contribution in [0.15, 0.2) is 41.5 Å². The van der Waals surface area contributed by atoms with Gasteiger partial charge in [-0.25, -0.2) is 0 Å². The molecule has 130 valence electrons. The number of benzene rings is 1. The van der Waals surface area contributed by atoms with Crippen molar-refractivity contribution in [2.75, 3.05) is 39.4 Å². The van der Waals surface area contributed by atoms with Crippen LogP contribution >= 0.6 is 0 Å². The quantitative estimate of drug-likeness (QED) is 0.512. The molecule has 0 bridgehead atoms. The molecule has 1 aromatic carbocycles. The summed E-state index contributed by atoms with van der Waals surface area (Å²) in [5.74, 6) is 0.777. The highest BCUT2D eigenvalue weighted by Gasteiger charge is 2.19. The van der Waals surface area contributed by atoms with Crippen LogP contribution in [0.1, 0.15) is 31.7 Å². The third kappa shape index (κ3) is 4.68. The highest BCUT2D eigenvalue weighted by Crippen LogP contribution is 2.23. The maximum absolute atomic E-state index is 8.33. The number of amidine groups is 1. The number of hydrogen-bond donors (Lipinski definition) is 1. The van der Waals surface area contributed by atoms with E-state index in [1.807, 2.05) is 0 Å². The fourth-order valence-corrected chi connectivity index (χ4v) is 3.52. The van der Waals surface area contributed by atoms with Crippen molar-refractivity contribution in [3.05, 3.63) is 47.0 Å². The van der Waals surface area contributed by atoms with Crippen molar-refractivity contribution in [3.8, 4) is 0 Å². The Hall–Kier alpha value is -1.65. The molecule has 0 saturated carbocycles. The van der Waals surface area contributed by atoms with Gasteiger partial charge in [0, 0.05) is 39.1 Å². The zero-order valence-corrected chi connectivity index (χ0v) is 14.8. The molecule has 0 radical (unpaired) electrons. The Morgan fingerprint density at radius 3 is 2.62 bits per heavy atom. The van der Waals surface area contributed by atoms with Crippen LogP contribution in [0, 0.1) is 5.41 Å². The average Bonchev–Trinajstić information content (AvgIpc) is 2.63. The number of nitrogens with one attached hydrogen (secondary N) is 1. The van der Waals surface area contributed by atoms with Gasteiger partial charge in [-0.2, -0.15) is 0 Å². The van der Waals surface area contributed by atoms with Crippen LogP contribution in [0.5, 0.6) is 0 Å². The summed E-state index contributed by atoms with van der Waals surface area (Å²) >= 11 is 0. The van der Waals surface area contributed by atoms with Crippen LogP contribution < -0.4 is 0 Å². The molecule has 1 N–H and O–H groups in total. The Morgan fingerprint density at radius 1 is 1.12 bits per heavy atom. The maximum atomic E-state index is 8.33. The van der Waals surface area contributed by atoms with Crippen LogP contribution in [-0.2, 0) is 11.3 Å². The molecule has 1 aromatic rings. The van der Waals surface area contributed by atoms with Crippen molar-refractivity contribution < 1.29 is 4.74 Å². The molecule has 0 unspecified atom stereocenters. The molecule has 1 fully saturated rings. The molecule has 0 spiro atoms. The van der Waals surface area contributed by atoms with Gasteiger partial charge >= 0.3 is 0 Å². The lowest BCUT2D eigenvalue weighted by atomic mass is 9.96. The van der Waals surface area contributed by atoms with Gasteiger partial charge in [0.1, 0.15) is 0 Å². The van der Waals surface area contributed by atoms with Gasteiger partial charge < -0.3 is 9.64 Å². The van der Waals surface area contributed by atoms with E-state index in [4.69, 9.17) is 10.1 Å². The maximum Gasteiger partial charge on any atom is 0.0962 e. The molecule has 2 aliphatic rings. The normalized spacial score (nSPS) is 19.6. The molecule has 2 aliphatic heterocycles. The highest BCUT2D eigenvalue weighted by atomic mass is 16.5. The second-order valence-electron chi connectivity index (χ2n) is 6.88. The second-order valence-corrected chi connectivity index (χ2v) is 6.88. The number of morpholine rings is 1. The lowest BCUT2D eigenvalue weighted by Gasteiger charge is -2.32. The summed E-state index contributed by atoms with van der Waals surface area (Å²) in [5.41, 5.74) is 4.46. The minimum atomic E-state index is 0.759. The smallest absolute Gasteiger partial charge is 0.0962 e. The topological polar surface area (TPSA) is 39.6 Å². The molecule has 1 saturated heterocycles. The predicted octanol–water partition coefficient (Wildman–Crippen LogP) is 3.30. The van der Waals surface area contributed by atoms with E-state index in [2.05, 4.69) is 47.1 Å². The van der Waals surface area contributed by atoms with Crippen LogP contribution in [0.2, 0.25) is 0 Å². The van der Waals surface area contributed by atoms with Crippen LogP contribution in [-0.4, -0.2) is 55.0 Å². The van der Waals surface area contributed by atoms with Crippen molar-refractivity contribution >= 4 is 5.84 Å². The van der Waals surface area contributed by atoms with Gasteiger partial charge in [0.15, 0.2) is 0 Å². The van der Waals surface area contributed by atoms with Crippen molar-refractivity contribution in [1.82, 2.24) is 9.80 Å². The average molecular weight is 327 g/mol. The lowest BCUT2D eigenvalue weighted by Crippen LogP contribution is -2.40. The highest BCUT2D eigenvalue weighted by molar-refractivity contribution is 5.79. The molecular weight excluding hydrogens is 298 g/mol. The Balaban J connectivity index is 1.51. The number of ether oxygens (including phenoxy) is 1. The molecule has 3 rings (SSSR count). The van der Waals surface area contributed by atoms with Crippen molar-refractivity contribution in [2.24, 2.45) is 0 Å². The summed E-state index contributed by atoms with van der Waals surface area (Å²) in [4.78, 5) is 4.71. The lowest BCUT2D eigenvalue weighted by molar-refractivity contribution is 0.0668. The zero-order chi connectivity index (χ0) is 16.8. The molecular formula is C20H29N3O. The zero-order valence-electron chi connectivity index (χ0n) is 14.8. The Kier molecular flexibility index (Phi) is 6.05. The fourth-order valence-electron chi connectivity index (χ4n) is 3.52. The van der Waals surface area contributed by atoms with E-state index in [-0.39, 0.29) is 0 Å². The van der Waals surface area contributed by atoms with Crippen LogP contribution in [0.3, 0.4) is 0 Å². The molecule has 0 amide bonds. The molecule has 24 heavy (non-hydrogen) atoms. The van der Waals surface area contributed by atoms with Crippen molar-refractivity contribution in [3.63, 3.8) is 0 Å². The third-order valence-electron chi connectivity index (χ3n) is 5.13. The standard InChI is InChI=1S/C20H29N3O/c1-17-9-10-22(15-18-5-3-2-4-6-18)16-19(17)7-8-20(21)23-11-13-24-14-12-23/h2-6,21H,7-16H2,1H3. The summed E-state index contributed by atoms with van der Waals surface area (Å²) in [7, 11) is 0. The Labute approximate surface area is 145 Å². The van der Waals surface area contributed by atoms with Gasteiger partial charge in [-0.15, -0.1) is 0 Å². The largest absolute Gasteiger partial charge is 0.378 e. The van der Waals surface area contributed by atoms with E-state index in [1.165, 1.54) is 16.7 Å². The van der Waals surface area contributed by atoms with E-state index >= 15 is 0 Å². The van der Waals surface area contributed by atoms with E-state index in [0.29, 0.717) is 0 Å². The molecule has 4 nitrogen and oxygen atoms in total. The molecule has 0 aromatic heterocycles. The van der Waals surface area contributed by atoms with E-state index in [9.17, 15) is 0 Å². The Bertz CT molecular complexity index is 576. The minimum Gasteiger partial charge on any atom is -0.378 e. The first-order valence-corrected chi connectivity index (χ1v) is 9.06. The molecule has 2 heterocycles. The first-order chi connectivity index (χ1) is 11.7. The van der Waals surface area contributed by atoms with Crippen LogP contribution in [0.25, 0.3) is 0 Å². The summed E-state index contributed by atoms with van der Waals surface area (Å²) in [5, 5.41) is 8.33. The summed E-state index contributed by atoms with van der Waals surface area (Å²) in [6, 6.07) is 10.7. The number of nitrogens with zero attached hydrogens (tertiary/aromatic N) is 2. The van der Waals surface area contributed by atoms with E-state index < -0.39 is 0 Å². The van der Waals surface area contributed by atoms with Gasteiger partial charge in [0.2, 0.25) is 0 Å². The first kappa shape index (κ1) is 17.2. The SMILES string of the molecule is CC1=C(CCC(=N)N2CCOCC2)CN(Cc2ccccc2)CC1. The fraction of sp³-hybridized carbons (Fsp3) is 0.550. The van der Waals surface area contributed by atoms with Gasteiger partial charge in [-0.1, -0.05) is 41.5 Å². The summed E-state index contributed by atoms with van der Waals surface area (Å²) < 4.78 is 5.38. The summed E-state index contributed by atoms with van der Waals surface area (Å²) in [6.07, 6.45) is 3.03. The van der Waals surface area contributed by atoms with E-state index in [0.717, 1.165) is 71.0 Å². The second kappa shape index (κ2) is 8.45. The van der Waals surface area contributed by atoms with Crippen molar-refractivity contribution in [1.29, 1.82) is 5.41 Å². The molecule has 0 atom stereocenters. The predicted molar refractivity (Wildman–Crippen MR) is 98.4 cm³/mol.